The van der Waals surface area contributed by atoms with Gasteiger partial charge in [0.05, 0.1) is 12.1 Å². The Balaban J connectivity index is 2.73. The maximum atomic E-state index is 11.5. The van der Waals surface area contributed by atoms with E-state index in [1.807, 2.05) is 20.8 Å². The van der Waals surface area contributed by atoms with E-state index in [2.05, 4.69) is 10.6 Å². The van der Waals surface area contributed by atoms with Gasteiger partial charge in [-0.1, -0.05) is 11.6 Å². The van der Waals surface area contributed by atoms with Crippen LogP contribution in [0.2, 0.25) is 0 Å². The smallest absolute Gasteiger partial charge is 0.337 e. The molecule has 0 aliphatic heterocycles. The highest BCUT2D eigenvalue weighted by Crippen LogP contribution is 2.17. The summed E-state index contributed by atoms with van der Waals surface area (Å²) < 4.78 is 0. The molecule has 18 heavy (non-hydrogen) atoms. The van der Waals surface area contributed by atoms with E-state index in [9.17, 15) is 9.59 Å². The molecule has 0 aliphatic rings. The molecule has 1 rings (SSSR count). The third-order valence-electron chi connectivity index (χ3n) is 2.29. The highest BCUT2D eigenvalue weighted by molar-refractivity contribution is 5.95. The van der Waals surface area contributed by atoms with Crippen molar-refractivity contribution < 1.29 is 14.7 Å². The summed E-state index contributed by atoms with van der Waals surface area (Å²) in [5.74, 6) is -1.17. The van der Waals surface area contributed by atoms with Gasteiger partial charge in [-0.3, -0.25) is 4.79 Å². The van der Waals surface area contributed by atoms with Gasteiger partial charge in [-0.15, -0.1) is 0 Å². The standard InChI is InChI=1S/C13H18N2O3/c1-8(2)15-12(16)7-14-11-5-4-9(3)6-10(11)13(17)18/h4-6,8,14H,7H2,1-3H3,(H,15,16)(H,17,18). The van der Waals surface area contributed by atoms with Crippen molar-refractivity contribution in [3.05, 3.63) is 29.3 Å². The minimum Gasteiger partial charge on any atom is -0.478 e. The molecule has 1 amide bonds. The van der Waals surface area contributed by atoms with Gasteiger partial charge in [0.15, 0.2) is 0 Å². The van der Waals surface area contributed by atoms with Crippen LogP contribution < -0.4 is 10.6 Å². The number of carboxylic acid groups (broad SMARTS) is 1. The van der Waals surface area contributed by atoms with Crippen LogP contribution in [-0.2, 0) is 4.79 Å². The van der Waals surface area contributed by atoms with E-state index in [4.69, 9.17) is 5.11 Å². The zero-order valence-corrected chi connectivity index (χ0v) is 10.8. The minimum absolute atomic E-state index is 0.0571. The number of aromatic carboxylic acids is 1. The average molecular weight is 250 g/mol. The molecule has 0 heterocycles. The van der Waals surface area contributed by atoms with Crippen LogP contribution in [0.15, 0.2) is 18.2 Å². The first-order valence-corrected chi connectivity index (χ1v) is 5.77. The van der Waals surface area contributed by atoms with Crippen molar-refractivity contribution in [3.8, 4) is 0 Å². The summed E-state index contributed by atoms with van der Waals surface area (Å²) in [6.45, 7) is 5.61. The fraction of sp³-hybridized carbons (Fsp3) is 0.385. The van der Waals surface area contributed by atoms with Gasteiger partial charge in [0.2, 0.25) is 5.91 Å². The number of hydrogen-bond donors (Lipinski definition) is 3. The molecule has 1 aromatic rings. The van der Waals surface area contributed by atoms with Crippen LogP contribution in [-0.4, -0.2) is 29.6 Å². The van der Waals surface area contributed by atoms with E-state index >= 15 is 0 Å². The lowest BCUT2D eigenvalue weighted by Gasteiger charge is -2.12. The summed E-state index contributed by atoms with van der Waals surface area (Å²) in [6, 6.07) is 5.11. The van der Waals surface area contributed by atoms with Gasteiger partial charge in [0, 0.05) is 11.7 Å². The molecule has 0 unspecified atom stereocenters. The number of benzene rings is 1. The Kier molecular flexibility index (Phi) is 4.71. The molecule has 0 bridgehead atoms. The molecule has 0 radical (unpaired) electrons. The van der Waals surface area contributed by atoms with Crippen molar-refractivity contribution in [2.45, 2.75) is 26.8 Å². The number of nitrogens with one attached hydrogen (secondary N) is 2. The van der Waals surface area contributed by atoms with Crippen molar-refractivity contribution in [3.63, 3.8) is 0 Å². The van der Waals surface area contributed by atoms with Crippen molar-refractivity contribution in [2.75, 3.05) is 11.9 Å². The molecule has 0 spiro atoms. The topological polar surface area (TPSA) is 78.4 Å². The Bertz CT molecular complexity index is 456. The molecule has 0 saturated carbocycles. The number of carboxylic acids is 1. The van der Waals surface area contributed by atoms with Crippen LogP contribution in [0.1, 0.15) is 29.8 Å². The molecule has 5 nitrogen and oxygen atoms in total. The van der Waals surface area contributed by atoms with E-state index in [-0.39, 0.29) is 24.1 Å². The van der Waals surface area contributed by atoms with Crippen molar-refractivity contribution in [1.29, 1.82) is 0 Å². The molecule has 5 heteroatoms. The third kappa shape index (κ3) is 4.08. The first-order valence-electron chi connectivity index (χ1n) is 5.77. The van der Waals surface area contributed by atoms with Gasteiger partial charge in [-0.05, 0) is 32.9 Å². The fourth-order valence-electron chi connectivity index (χ4n) is 1.54. The average Bonchev–Trinajstić information content (AvgIpc) is 2.26. The first-order chi connectivity index (χ1) is 8.40. The molecular weight excluding hydrogens is 232 g/mol. The van der Waals surface area contributed by atoms with E-state index in [1.54, 1.807) is 18.2 Å². The number of anilines is 1. The van der Waals surface area contributed by atoms with Gasteiger partial charge in [0.1, 0.15) is 0 Å². The molecule has 0 aromatic heterocycles. The Labute approximate surface area is 106 Å². The molecule has 0 aliphatic carbocycles. The molecular formula is C13H18N2O3. The summed E-state index contributed by atoms with van der Waals surface area (Å²) in [4.78, 5) is 22.5. The zero-order chi connectivity index (χ0) is 13.7. The van der Waals surface area contributed by atoms with Crippen LogP contribution in [0.3, 0.4) is 0 Å². The molecule has 98 valence electrons. The van der Waals surface area contributed by atoms with Crippen LogP contribution in [0.25, 0.3) is 0 Å². The lowest BCUT2D eigenvalue weighted by atomic mass is 10.1. The predicted octanol–water partition coefficient (Wildman–Crippen LogP) is 1.63. The Morgan fingerprint density at radius 3 is 2.56 bits per heavy atom. The lowest BCUT2D eigenvalue weighted by Crippen LogP contribution is -2.35. The van der Waals surface area contributed by atoms with E-state index in [1.165, 1.54) is 0 Å². The third-order valence-corrected chi connectivity index (χ3v) is 2.29. The van der Waals surface area contributed by atoms with Crippen LogP contribution in [0, 0.1) is 6.92 Å². The Morgan fingerprint density at radius 1 is 1.33 bits per heavy atom. The van der Waals surface area contributed by atoms with Crippen molar-refractivity contribution in [1.82, 2.24) is 5.32 Å². The Hall–Kier alpha value is -2.04. The van der Waals surface area contributed by atoms with Crippen molar-refractivity contribution in [2.24, 2.45) is 0 Å². The summed E-state index contributed by atoms with van der Waals surface area (Å²) in [7, 11) is 0. The highest BCUT2D eigenvalue weighted by Gasteiger charge is 2.11. The summed E-state index contributed by atoms with van der Waals surface area (Å²) in [5, 5.41) is 14.6. The SMILES string of the molecule is Cc1ccc(NCC(=O)NC(C)C)c(C(=O)O)c1. The largest absolute Gasteiger partial charge is 0.478 e. The number of amides is 1. The number of rotatable bonds is 5. The molecule has 1 aromatic carbocycles. The second-order valence-corrected chi connectivity index (χ2v) is 4.43. The lowest BCUT2D eigenvalue weighted by molar-refractivity contribution is -0.119. The van der Waals surface area contributed by atoms with Gasteiger partial charge < -0.3 is 15.7 Å². The number of carbonyl (C=O) groups excluding carboxylic acids is 1. The summed E-state index contributed by atoms with van der Waals surface area (Å²) in [6.07, 6.45) is 0. The quantitative estimate of drug-likeness (QED) is 0.742. The maximum Gasteiger partial charge on any atom is 0.337 e. The van der Waals surface area contributed by atoms with Crippen LogP contribution >= 0.6 is 0 Å². The molecule has 0 fully saturated rings. The van der Waals surface area contributed by atoms with Gasteiger partial charge >= 0.3 is 5.97 Å². The fourth-order valence-corrected chi connectivity index (χ4v) is 1.54. The molecule has 3 N–H and O–H groups in total. The van der Waals surface area contributed by atoms with Gasteiger partial charge in [0.25, 0.3) is 0 Å². The summed E-state index contributed by atoms with van der Waals surface area (Å²) in [5.41, 5.74) is 1.49. The minimum atomic E-state index is -1.01. The van der Waals surface area contributed by atoms with Gasteiger partial charge in [-0.2, -0.15) is 0 Å². The van der Waals surface area contributed by atoms with E-state index in [0.29, 0.717) is 5.69 Å². The predicted molar refractivity (Wildman–Crippen MR) is 69.9 cm³/mol. The van der Waals surface area contributed by atoms with E-state index in [0.717, 1.165) is 5.56 Å². The number of aryl methyl sites for hydroxylation is 1. The monoisotopic (exact) mass is 250 g/mol. The zero-order valence-electron chi connectivity index (χ0n) is 10.8. The summed E-state index contributed by atoms with van der Waals surface area (Å²) >= 11 is 0. The highest BCUT2D eigenvalue weighted by atomic mass is 16.4. The molecule has 0 saturated heterocycles. The Morgan fingerprint density at radius 2 is 2.00 bits per heavy atom. The second kappa shape index (κ2) is 6.05. The number of carbonyl (C=O) groups is 2. The first kappa shape index (κ1) is 14.0. The van der Waals surface area contributed by atoms with Gasteiger partial charge in [-0.25, -0.2) is 4.79 Å². The number of hydrogen-bond acceptors (Lipinski definition) is 3. The van der Waals surface area contributed by atoms with Crippen molar-refractivity contribution >= 4 is 17.6 Å². The maximum absolute atomic E-state index is 11.5. The second-order valence-electron chi connectivity index (χ2n) is 4.43. The normalized spacial score (nSPS) is 10.2. The van der Waals surface area contributed by atoms with Crippen LogP contribution in [0.4, 0.5) is 5.69 Å². The van der Waals surface area contributed by atoms with Crippen LogP contribution in [0.5, 0.6) is 0 Å². The van der Waals surface area contributed by atoms with E-state index < -0.39 is 5.97 Å². The molecule has 0 atom stereocenters.